The normalized spacial score (nSPS) is 16.5. The SMILES string of the molecule is CC(C(=O)Nc1cc([N+](=O)[O-])ccc1Cl)N1CCN(S(=O)(=O)c2c(F)cccc2F)CC1. The smallest absolute Gasteiger partial charge is 0.271 e. The van der Waals surface area contributed by atoms with Crippen molar-refractivity contribution in [3.63, 3.8) is 0 Å². The molecule has 1 fully saturated rings. The van der Waals surface area contributed by atoms with Crippen LogP contribution in [0, 0.1) is 21.7 Å². The average molecular weight is 489 g/mol. The van der Waals surface area contributed by atoms with Gasteiger partial charge in [0.15, 0.2) is 4.90 Å². The van der Waals surface area contributed by atoms with Gasteiger partial charge in [-0.05, 0) is 25.1 Å². The fourth-order valence-electron chi connectivity index (χ4n) is 3.31. The number of hydrogen-bond acceptors (Lipinski definition) is 6. The van der Waals surface area contributed by atoms with Crippen LogP contribution >= 0.6 is 11.6 Å². The molecule has 1 amide bonds. The summed E-state index contributed by atoms with van der Waals surface area (Å²) in [6.45, 7) is 1.69. The van der Waals surface area contributed by atoms with Crippen LogP contribution in [0.1, 0.15) is 6.92 Å². The first-order valence-electron chi connectivity index (χ1n) is 9.45. The summed E-state index contributed by atoms with van der Waals surface area (Å²) in [5.74, 6) is -2.84. The lowest BCUT2D eigenvalue weighted by molar-refractivity contribution is -0.384. The summed E-state index contributed by atoms with van der Waals surface area (Å²) in [7, 11) is -4.39. The summed E-state index contributed by atoms with van der Waals surface area (Å²) in [6, 6.07) is 5.75. The molecular weight excluding hydrogens is 470 g/mol. The molecule has 1 aliphatic rings. The van der Waals surface area contributed by atoms with Crippen LogP contribution in [-0.2, 0) is 14.8 Å². The molecule has 0 spiro atoms. The van der Waals surface area contributed by atoms with Crippen LogP contribution < -0.4 is 5.32 Å². The number of nitro groups is 1. The van der Waals surface area contributed by atoms with E-state index in [1.807, 2.05) is 0 Å². The van der Waals surface area contributed by atoms with Crippen molar-refractivity contribution >= 4 is 38.9 Å². The first-order chi connectivity index (χ1) is 15.0. The number of rotatable bonds is 6. The van der Waals surface area contributed by atoms with Gasteiger partial charge in [0.05, 0.1) is 21.7 Å². The molecule has 0 saturated carbocycles. The van der Waals surface area contributed by atoms with Crippen LogP contribution in [0.4, 0.5) is 20.2 Å². The zero-order valence-corrected chi connectivity index (χ0v) is 18.4. The van der Waals surface area contributed by atoms with Crippen molar-refractivity contribution in [2.75, 3.05) is 31.5 Å². The number of hydrogen-bond donors (Lipinski definition) is 1. The second-order valence-electron chi connectivity index (χ2n) is 7.08. The molecule has 1 unspecified atom stereocenters. The maximum absolute atomic E-state index is 14.0. The number of amides is 1. The number of carbonyl (C=O) groups excluding carboxylic acids is 1. The van der Waals surface area contributed by atoms with Crippen molar-refractivity contribution in [3.8, 4) is 0 Å². The number of non-ortho nitro benzene ring substituents is 1. The number of benzene rings is 2. The van der Waals surface area contributed by atoms with E-state index in [2.05, 4.69) is 5.32 Å². The summed E-state index contributed by atoms with van der Waals surface area (Å²) < 4.78 is 54.3. The van der Waals surface area contributed by atoms with Gasteiger partial charge in [-0.25, -0.2) is 17.2 Å². The molecule has 9 nitrogen and oxygen atoms in total. The van der Waals surface area contributed by atoms with Gasteiger partial charge in [-0.2, -0.15) is 4.31 Å². The Morgan fingerprint density at radius 2 is 1.75 bits per heavy atom. The first kappa shape index (κ1) is 24.0. The number of piperazine rings is 1. The Morgan fingerprint density at radius 1 is 1.16 bits per heavy atom. The fourth-order valence-corrected chi connectivity index (χ4v) is 5.01. The van der Waals surface area contributed by atoms with Crippen LogP contribution in [0.3, 0.4) is 0 Å². The van der Waals surface area contributed by atoms with E-state index in [0.29, 0.717) is 0 Å². The number of halogens is 3. The standard InChI is InChI=1S/C19H19ClF2N4O5S/c1-12(19(27)23-17-11-13(26(28)29)5-6-14(17)20)24-7-9-25(10-8-24)32(30,31)18-15(21)3-2-4-16(18)22/h2-6,11-12H,7-10H2,1H3,(H,23,27). The number of carbonyl (C=O) groups is 1. The summed E-state index contributed by atoms with van der Waals surface area (Å²) >= 11 is 6.00. The zero-order chi connectivity index (χ0) is 23.6. The molecule has 2 aromatic rings. The highest BCUT2D eigenvalue weighted by atomic mass is 35.5. The maximum Gasteiger partial charge on any atom is 0.271 e. The molecule has 172 valence electrons. The maximum atomic E-state index is 14.0. The van der Waals surface area contributed by atoms with Crippen molar-refractivity contribution < 1.29 is 26.9 Å². The molecule has 1 N–H and O–H groups in total. The molecule has 0 aliphatic carbocycles. The molecule has 1 heterocycles. The van der Waals surface area contributed by atoms with Gasteiger partial charge in [0.25, 0.3) is 5.69 Å². The van der Waals surface area contributed by atoms with E-state index in [-0.39, 0.29) is 42.6 Å². The lowest BCUT2D eigenvalue weighted by Gasteiger charge is -2.36. The summed E-state index contributed by atoms with van der Waals surface area (Å²) in [5, 5.41) is 13.6. The Balaban J connectivity index is 1.67. The van der Waals surface area contributed by atoms with E-state index in [0.717, 1.165) is 28.6 Å². The van der Waals surface area contributed by atoms with Crippen molar-refractivity contribution in [3.05, 3.63) is 63.2 Å². The second kappa shape index (κ2) is 9.45. The van der Waals surface area contributed by atoms with E-state index < -0.39 is 43.4 Å². The Bertz CT molecular complexity index is 1140. The Hall–Kier alpha value is -2.67. The fraction of sp³-hybridized carbons (Fsp3) is 0.316. The van der Waals surface area contributed by atoms with Crippen LogP contribution in [-0.4, -0.2) is 60.7 Å². The van der Waals surface area contributed by atoms with Crippen molar-refractivity contribution in [2.45, 2.75) is 17.9 Å². The molecule has 1 saturated heterocycles. The summed E-state index contributed by atoms with van der Waals surface area (Å²) in [6.07, 6.45) is 0. The van der Waals surface area contributed by atoms with Gasteiger partial charge in [0, 0.05) is 38.3 Å². The van der Waals surface area contributed by atoms with Gasteiger partial charge in [-0.3, -0.25) is 19.8 Å². The lowest BCUT2D eigenvalue weighted by atomic mass is 10.2. The highest BCUT2D eigenvalue weighted by Gasteiger charge is 2.35. The molecule has 0 radical (unpaired) electrons. The molecule has 0 aromatic heterocycles. The summed E-state index contributed by atoms with van der Waals surface area (Å²) in [4.78, 5) is 23.6. The van der Waals surface area contributed by atoms with Crippen LogP contribution in [0.5, 0.6) is 0 Å². The van der Waals surface area contributed by atoms with Crippen LogP contribution in [0.25, 0.3) is 0 Å². The zero-order valence-electron chi connectivity index (χ0n) is 16.8. The van der Waals surface area contributed by atoms with E-state index in [9.17, 15) is 32.1 Å². The minimum Gasteiger partial charge on any atom is -0.323 e. The lowest BCUT2D eigenvalue weighted by Crippen LogP contribution is -2.54. The molecule has 0 bridgehead atoms. The second-order valence-corrected chi connectivity index (χ2v) is 9.36. The highest BCUT2D eigenvalue weighted by molar-refractivity contribution is 7.89. The van der Waals surface area contributed by atoms with Gasteiger partial charge in [-0.15, -0.1) is 0 Å². The molecule has 1 aliphatic heterocycles. The van der Waals surface area contributed by atoms with E-state index >= 15 is 0 Å². The minimum atomic E-state index is -4.39. The van der Waals surface area contributed by atoms with Crippen LogP contribution in [0.2, 0.25) is 5.02 Å². The third-order valence-electron chi connectivity index (χ3n) is 5.14. The number of nitrogens with one attached hydrogen (secondary N) is 1. The molecule has 13 heteroatoms. The molecule has 1 atom stereocenters. The quantitative estimate of drug-likeness (QED) is 0.494. The predicted octanol–water partition coefficient (Wildman–Crippen LogP) is 2.86. The largest absolute Gasteiger partial charge is 0.323 e. The van der Waals surface area contributed by atoms with Gasteiger partial charge in [0.2, 0.25) is 15.9 Å². The van der Waals surface area contributed by atoms with Crippen molar-refractivity contribution in [2.24, 2.45) is 0 Å². The van der Waals surface area contributed by atoms with Gasteiger partial charge in [-0.1, -0.05) is 17.7 Å². The van der Waals surface area contributed by atoms with Crippen LogP contribution in [0.15, 0.2) is 41.3 Å². The molecular formula is C19H19ClF2N4O5S. The average Bonchev–Trinajstić information content (AvgIpc) is 2.74. The topological polar surface area (TPSA) is 113 Å². The van der Waals surface area contributed by atoms with E-state index in [1.54, 1.807) is 11.8 Å². The molecule has 2 aromatic carbocycles. The monoisotopic (exact) mass is 488 g/mol. The van der Waals surface area contributed by atoms with E-state index in [4.69, 9.17) is 11.6 Å². The van der Waals surface area contributed by atoms with E-state index in [1.165, 1.54) is 12.1 Å². The highest BCUT2D eigenvalue weighted by Crippen LogP contribution is 2.27. The third kappa shape index (κ3) is 4.88. The Kier molecular flexibility index (Phi) is 7.08. The van der Waals surface area contributed by atoms with Gasteiger partial charge in [0.1, 0.15) is 11.6 Å². The summed E-state index contributed by atoms with van der Waals surface area (Å²) in [5.41, 5.74) is -0.162. The molecule has 3 rings (SSSR count). The van der Waals surface area contributed by atoms with Gasteiger partial charge < -0.3 is 5.32 Å². The first-order valence-corrected chi connectivity index (χ1v) is 11.3. The Morgan fingerprint density at radius 3 is 2.31 bits per heavy atom. The minimum absolute atomic E-state index is 0.0777. The van der Waals surface area contributed by atoms with Crippen molar-refractivity contribution in [1.82, 2.24) is 9.21 Å². The number of anilines is 1. The molecule has 32 heavy (non-hydrogen) atoms. The van der Waals surface area contributed by atoms with Gasteiger partial charge >= 0.3 is 0 Å². The van der Waals surface area contributed by atoms with Crippen molar-refractivity contribution in [1.29, 1.82) is 0 Å². The Labute approximate surface area is 187 Å². The third-order valence-corrected chi connectivity index (χ3v) is 7.42. The number of sulfonamides is 1. The number of nitro benzene ring substituents is 1. The number of nitrogens with zero attached hydrogens (tertiary/aromatic N) is 3. The predicted molar refractivity (Wildman–Crippen MR) is 113 cm³/mol.